The largest absolute Gasteiger partial charge is 0.461 e. The highest BCUT2D eigenvalue weighted by atomic mass is 79.9. The van der Waals surface area contributed by atoms with Crippen molar-refractivity contribution in [1.82, 2.24) is 15.0 Å². The first-order valence-electron chi connectivity index (χ1n) is 6.27. The average Bonchev–Trinajstić information content (AvgIpc) is 2.95. The maximum absolute atomic E-state index is 11.9. The van der Waals surface area contributed by atoms with Gasteiger partial charge in [-0.25, -0.2) is 9.48 Å². The molecule has 0 amide bonds. The average molecular weight is 358 g/mol. The SMILES string of the molecule is Cc1c(C(=O)OCC(C)C)nnn1Cc1csc(Br)c1. The third-order valence-corrected chi connectivity index (χ3v) is 4.23. The summed E-state index contributed by atoms with van der Waals surface area (Å²) in [6.07, 6.45) is 0. The minimum absolute atomic E-state index is 0.292. The number of carbonyl (C=O) groups excluding carboxylic acids is 1. The number of thiophene rings is 1. The Morgan fingerprint density at radius 1 is 1.55 bits per heavy atom. The molecular formula is C13H16BrN3O2S. The molecule has 108 valence electrons. The Balaban J connectivity index is 2.08. The predicted octanol–water partition coefficient (Wildman–Crippen LogP) is 3.27. The Morgan fingerprint density at radius 2 is 2.30 bits per heavy atom. The zero-order valence-electron chi connectivity index (χ0n) is 11.6. The van der Waals surface area contributed by atoms with E-state index in [1.807, 2.05) is 32.2 Å². The molecule has 20 heavy (non-hydrogen) atoms. The van der Waals surface area contributed by atoms with Crippen LogP contribution >= 0.6 is 27.3 Å². The molecule has 0 unspecified atom stereocenters. The third-order valence-electron chi connectivity index (χ3n) is 2.68. The lowest BCUT2D eigenvalue weighted by Gasteiger charge is -2.06. The van der Waals surface area contributed by atoms with Gasteiger partial charge in [-0.1, -0.05) is 19.1 Å². The molecule has 7 heteroatoms. The van der Waals surface area contributed by atoms with E-state index < -0.39 is 5.97 Å². The highest BCUT2D eigenvalue weighted by molar-refractivity contribution is 9.11. The molecule has 2 rings (SSSR count). The molecule has 0 aromatic carbocycles. The molecule has 0 aliphatic rings. The van der Waals surface area contributed by atoms with Gasteiger partial charge in [-0.2, -0.15) is 0 Å². The third kappa shape index (κ3) is 3.67. The highest BCUT2D eigenvalue weighted by Crippen LogP contribution is 2.21. The first-order chi connectivity index (χ1) is 9.47. The van der Waals surface area contributed by atoms with Crippen LogP contribution in [-0.2, 0) is 11.3 Å². The lowest BCUT2D eigenvalue weighted by molar-refractivity contribution is 0.0451. The van der Waals surface area contributed by atoms with Gasteiger partial charge in [0.2, 0.25) is 0 Å². The molecule has 2 heterocycles. The zero-order valence-corrected chi connectivity index (χ0v) is 14.0. The van der Waals surface area contributed by atoms with Crippen LogP contribution in [0.25, 0.3) is 0 Å². The molecule has 0 spiro atoms. The van der Waals surface area contributed by atoms with Gasteiger partial charge in [0.1, 0.15) is 0 Å². The Bertz CT molecular complexity index is 607. The second kappa shape index (κ2) is 6.49. The first-order valence-corrected chi connectivity index (χ1v) is 7.94. The Hall–Kier alpha value is -1.21. The number of hydrogen-bond acceptors (Lipinski definition) is 5. The summed E-state index contributed by atoms with van der Waals surface area (Å²) < 4.78 is 7.96. The van der Waals surface area contributed by atoms with Crippen LogP contribution < -0.4 is 0 Å². The summed E-state index contributed by atoms with van der Waals surface area (Å²) in [7, 11) is 0. The summed E-state index contributed by atoms with van der Waals surface area (Å²) in [5.74, 6) is -0.105. The standard InChI is InChI=1S/C13H16BrN3O2S/c1-8(2)6-19-13(18)12-9(3)17(16-15-12)5-10-4-11(14)20-7-10/h4,7-8H,5-6H2,1-3H3. The van der Waals surface area contributed by atoms with Gasteiger partial charge in [0.05, 0.1) is 22.6 Å². The number of ether oxygens (including phenoxy) is 1. The predicted molar refractivity (Wildman–Crippen MR) is 81.0 cm³/mol. The van der Waals surface area contributed by atoms with Gasteiger partial charge in [-0.3, -0.25) is 0 Å². The van der Waals surface area contributed by atoms with E-state index in [4.69, 9.17) is 4.74 Å². The van der Waals surface area contributed by atoms with Crippen LogP contribution in [0.1, 0.15) is 35.6 Å². The molecule has 0 aliphatic carbocycles. The molecule has 0 atom stereocenters. The van der Waals surface area contributed by atoms with Gasteiger partial charge in [0.25, 0.3) is 0 Å². The number of rotatable bonds is 5. The number of nitrogens with zero attached hydrogens (tertiary/aromatic N) is 3. The van der Waals surface area contributed by atoms with E-state index in [1.54, 1.807) is 16.0 Å². The summed E-state index contributed by atoms with van der Waals surface area (Å²) >= 11 is 5.04. The quantitative estimate of drug-likeness (QED) is 0.770. The Labute approximate surface area is 130 Å². The first kappa shape index (κ1) is 15.2. The fourth-order valence-electron chi connectivity index (χ4n) is 1.61. The van der Waals surface area contributed by atoms with Crippen molar-refractivity contribution in [3.63, 3.8) is 0 Å². The van der Waals surface area contributed by atoms with Gasteiger partial charge in [-0.05, 0) is 45.8 Å². The summed E-state index contributed by atoms with van der Waals surface area (Å²) in [6.45, 7) is 6.80. The van der Waals surface area contributed by atoms with E-state index in [1.165, 1.54) is 0 Å². The van der Waals surface area contributed by atoms with Crippen molar-refractivity contribution in [2.24, 2.45) is 5.92 Å². The number of esters is 1. The molecule has 2 aromatic rings. The van der Waals surface area contributed by atoms with Gasteiger partial charge < -0.3 is 4.74 Å². The molecule has 0 bridgehead atoms. The molecule has 5 nitrogen and oxygen atoms in total. The number of aromatic nitrogens is 3. The number of halogens is 1. The molecule has 0 aliphatic heterocycles. The van der Waals surface area contributed by atoms with Crippen molar-refractivity contribution in [3.8, 4) is 0 Å². The number of hydrogen-bond donors (Lipinski definition) is 0. The Kier molecular flexibility index (Phi) is 4.93. The molecule has 0 N–H and O–H groups in total. The minimum atomic E-state index is -0.408. The number of carbonyl (C=O) groups is 1. The van der Waals surface area contributed by atoms with Crippen LogP contribution in [0.4, 0.5) is 0 Å². The maximum Gasteiger partial charge on any atom is 0.360 e. The van der Waals surface area contributed by atoms with Gasteiger partial charge >= 0.3 is 5.97 Å². The van der Waals surface area contributed by atoms with Gasteiger partial charge in [0.15, 0.2) is 5.69 Å². The van der Waals surface area contributed by atoms with E-state index in [9.17, 15) is 4.79 Å². The van der Waals surface area contributed by atoms with Gasteiger partial charge in [0, 0.05) is 0 Å². The van der Waals surface area contributed by atoms with E-state index >= 15 is 0 Å². The molecular weight excluding hydrogens is 342 g/mol. The topological polar surface area (TPSA) is 57.0 Å². The summed E-state index contributed by atoms with van der Waals surface area (Å²) in [6, 6.07) is 2.03. The minimum Gasteiger partial charge on any atom is -0.461 e. The molecule has 0 radical (unpaired) electrons. The van der Waals surface area contributed by atoms with E-state index in [2.05, 4.69) is 26.2 Å². The van der Waals surface area contributed by atoms with E-state index in [0.29, 0.717) is 24.8 Å². The van der Waals surface area contributed by atoms with E-state index in [0.717, 1.165) is 15.0 Å². The second-order valence-corrected chi connectivity index (χ2v) is 7.22. The van der Waals surface area contributed by atoms with Gasteiger partial charge in [-0.15, -0.1) is 16.4 Å². The summed E-state index contributed by atoms with van der Waals surface area (Å²) in [4.78, 5) is 11.9. The van der Waals surface area contributed by atoms with Crippen LogP contribution in [0.3, 0.4) is 0 Å². The van der Waals surface area contributed by atoms with Crippen LogP contribution in [0.2, 0.25) is 0 Å². The normalized spacial score (nSPS) is 11.1. The van der Waals surface area contributed by atoms with Crippen LogP contribution in [0.15, 0.2) is 15.2 Å². The smallest absolute Gasteiger partial charge is 0.360 e. The highest BCUT2D eigenvalue weighted by Gasteiger charge is 2.18. The fourth-order valence-corrected chi connectivity index (χ4v) is 2.81. The molecule has 0 saturated heterocycles. The zero-order chi connectivity index (χ0) is 14.7. The molecule has 0 saturated carbocycles. The summed E-state index contributed by atoms with van der Waals surface area (Å²) in [5, 5.41) is 9.99. The van der Waals surface area contributed by atoms with Crippen molar-refractivity contribution in [2.75, 3.05) is 6.61 Å². The van der Waals surface area contributed by atoms with Crippen LogP contribution in [0, 0.1) is 12.8 Å². The second-order valence-electron chi connectivity index (χ2n) is 4.93. The van der Waals surface area contributed by atoms with E-state index in [-0.39, 0.29) is 0 Å². The van der Waals surface area contributed by atoms with Crippen LogP contribution in [0.5, 0.6) is 0 Å². The Morgan fingerprint density at radius 3 is 2.90 bits per heavy atom. The summed E-state index contributed by atoms with van der Waals surface area (Å²) in [5.41, 5.74) is 2.14. The van der Waals surface area contributed by atoms with Crippen molar-refractivity contribution in [1.29, 1.82) is 0 Å². The monoisotopic (exact) mass is 357 g/mol. The molecule has 2 aromatic heterocycles. The van der Waals surface area contributed by atoms with Crippen molar-refractivity contribution in [3.05, 3.63) is 32.2 Å². The lowest BCUT2D eigenvalue weighted by Crippen LogP contribution is -2.12. The molecule has 0 fully saturated rings. The fraction of sp³-hybridized carbons (Fsp3) is 0.462. The van der Waals surface area contributed by atoms with Crippen molar-refractivity contribution < 1.29 is 9.53 Å². The van der Waals surface area contributed by atoms with Crippen molar-refractivity contribution >= 4 is 33.2 Å². The lowest BCUT2D eigenvalue weighted by atomic mass is 10.2. The van der Waals surface area contributed by atoms with Crippen LogP contribution in [-0.4, -0.2) is 27.6 Å². The van der Waals surface area contributed by atoms with Crippen molar-refractivity contribution in [2.45, 2.75) is 27.3 Å². The maximum atomic E-state index is 11.9.